The number of anilines is 1. The van der Waals surface area contributed by atoms with Crippen LogP contribution in [0.5, 0.6) is 0 Å². The Kier molecular flexibility index (Phi) is 9.33. The van der Waals surface area contributed by atoms with Crippen LogP contribution in [0.3, 0.4) is 0 Å². The molecule has 0 aliphatic rings. The Bertz CT molecular complexity index is 998. The predicted molar refractivity (Wildman–Crippen MR) is 121 cm³/mol. The number of carbonyl (C=O) groups excluding carboxylic acids is 1. The van der Waals surface area contributed by atoms with Gasteiger partial charge in [-0.1, -0.05) is 54.2 Å². The van der Waals surface area contributed by atoms with Crippen molar-refractivity contribution in [3.8, 4) is 0 Å². The second kappa shape index (κ2) is 11.5. The number of aliphatic hydroxyl groups excluding tert-OH is 1. The molecule has 0 radical (unpaired) electrons. The Morgan fingerprint density at radius 1 is 1.34 bits per heavy atom. The summed E-state index contributed by atoms with van der Waals surface area (Å²) in [5.74, 6) is -2.47. The number of hydrogen-bond acceptors (Lipinski definition) is 6. The van der Waals surface area contributed by atoms with Crippen LogP contribution in [-0.2, 0) is 10.9 Å². The van der Waals surface area contributed by atoms with Crippen molar-refractivity contribution in [3.63, 3.8) is 0 Å². The fourth-order valence-electron chi connectivity index (χ4n) is 3.00. The van der Waals surface area contributed by atoms with Crippen LogP contribution < -0.4 is 5.32 Å². The lowest BCUT2D eigenvalue weighted by atomic mass is 9.88. The van der Waals surface area contributed by atoms with E-state index in [-0.39, 0.29) is 17.9 Å². The molecule has 2 atom stereocenters. The Hall–Kier alpha value is -2.33. The van der Waals surface area contributed by atoms with E-state index in [1.54, 1.807) is 25.1 Å². The molecule has 1 aromatic heterocycles. The van der Waals surface area contributed by atoms with Crippen molar-refractivity contribution in [2.24, 2.45) is 0 Å². The third-order valence-corrected chi connectivity index (χ3v) is 5.56. The van der Waals surface area contributed by atoms with Crippen molar-refractivity contribution < 1.29 is 27.8 Å². The Balaban J connectivity index is 2.47. The lowest BCUT2D eigenvalue weighted by Crippen LogP contribution is -2.31. The number of hydrogen-bond donors (Lipinski definition) is 2. The van der Waals surface area contributed by atoms with Crippen LogP contribution in [0.2, 0.25) is 0 Å². The highest BCUT2D eigenvalue weighted by molar-refractivity contribution is 8.08. The highest BCUT2D eigenvalue weighted by Crippen LogP contribution is 2.38. The van der Waals surface area contributed by atoms with Gasteiger partial charge in [-0.3, -0.25) is 9.78 Å². The van der Waals surface area contributed by atoms with Gasteiger partial charge in [-0.05, 0) is 30.7 Å². The zero-order valence-electron chi connectivity index (χ0n) is 17.3. The van der Waals surface area contributed by atoms with Gasteiger partial charge in [0.05, 0.1) is 15.6 Å². The number of aliphatic hydroxyl groups is 1. The molecule has 2 aromatic rings. The van der Waals surface area contributed by atoms with E-state index >= 15 is 0 Å². The number of nitrogens with zero attached hydrogens (tertiary/aromatic N) is 1. The minimum Gasteiger partial charge on any atom is -0.379 e. The third kappa shape index (κ3) is 6.59. The zero-order valence-corrected chi connectivity index (χ0v) is 18.9. The summed E-state index contributed by atoms with van der Waals surface area (Å²) >= 11 is 7.06. The molecule has 0 bridgehead atoms. The van der Waals surface area contributed by atoms with Crippen LogP contribution in [-0.4, -0.2) is 35.8 Å². The number of allylic oxidation sites excluding steroid dienone is 1. The first-order chi connectivity index (χ1) is 15.1. The van der Waals surface area contributed by atoms with Crippen molar-refractivity contribution >= 4 is 34.8 Å². The number of Topliss-reactive ketones (excluding diaryl/α,β-unsaturated/α-hetero) is 1. The maximum atomic E-state index is 13.6. The maximum Gasteiger partial charge on any atom is 0.416 e. The van der Waals surface area contributed by atoms with Gasteiger partial charge in [0.1, 0.15) is 11.6 Å². The van der Waals surface area contributed by atoms with Crippen molar-refractivity contribution in [1.29, 1.82) is 0 Å². The van der Waals surface area contributed by atoms with Gasteiger partial charge in [0.15, 0.2) is 12.1 Å². The number of carbonyl (C=O) groups is 1. The van der Waals surface area contributed by atoms with Gasteiger partial charge in [-0.15, -0.1) is 0 Å². The van der Waals surface area contributed by atoms with E-state index in [1.807, 2.05) is 0 Å². The van der Waals surface area contributed by atoms with Crippen molar-refractivity contribution in [2.45, 2.75) is 25.3 Å². The Morgan fingerprint density at radius 3 is 2.62 bits per heavy atom. The van der Waals surface area contributed by atoms with Gasteiger partial charge < -0.3 is 15.2 Å². The number of ketones is 1. The molecular formula is C22H22ClF3N2O3S. The molecule has 0 aliphatic carbocycles. The highest BCUT2D eigenvalue weighted by atomic mass is 35.5. The highest BCUT2D eigenvalue weighted by Gasteiger charge is 2.40. The molecule has 0 saturated carbocycles. The quantitative estimate of drug-likeness (QED) is 0.327. The molecule has 5 nitrogen and oxygen atoms in total. The summed E-state index contributed by atoms with van der Waals surface area (Å²) < 4.78 is 46.0. The fraction of sp³-hybridized carbons (Fsp3) is 0.273. The van der Waals surface area contributed by atoms with Gasteiger partial charge in [0.2, 0.25) is 0 Å². The topological polar surface area (TPSA) is 71.5 Å². The minimum atomic E-state index is -4.73. The average molecular weight is 487 g/mol. The predicted octanol–water partition coefficient (Wildman–Crippen LogP) is 5.79. The summed E-state index contributed by atoms with van der Waals surface area (Å²) in [6.45, 7) is 5.69. The molecule has 1 heterocycles. The normalized spacial score (nSPS) is 14.0. The van der Waals surface area contributed by atoms with E-state index < -0.39 is 35.3 Å². The summed E-state index contributed by atoms with van der Waals surface area (Å²) in [7, 11) is 1.10. The number of pyridine rings is 1. The van der Waals surface area contributed by atoms with Crippen molar-refractivity contribution in [1.82, 2.24) is 4.98 Å². The monoisotopic (exact) mass is 486 g/mol. The first-order valence-corrected chi connectivity index (χ1v) is 10.6. The number of methoxy groups -OCH3 is 1. The average Bonchev–Trinajstić information content (AvgIpc) is 2.76. The molecule has 0 spiro atoms. The molecule has 0 amide bonds. The minimum absolute atomic E-state index is 0.129. The summed E-state index contributed by atoms with van der Waals surface area (Å²) in [5.41, 5.74) is -1.28. The van der Waals surface area contributed by atoms with Crippen molar-refractivity contribution in [2.75, 3.05) is 19.0 Å². The Morgan fingerprint density at radius 2 is 2.03 bits per heavy atom. The van der Waals surface area contributed by atoms with E-state index in [4.69, 9.17) is 16.3 Å². The third-order valence-electron chi connectivity index (χ3n) is 4.47. The van der Waals surface area contributed by atoms with Crippen LogP contribution >= 0.6 is 23.4 Å². The smallest absolute Gasteiger partial charge is 0.379 e. The molecule has 2 unspecified atom stereocenters. The van der Waals surface area contributed by atoms with E-state index in [1.165, 1.54) is 30.1 Å². The molecule has 1 aromatic carbocycles. The summed E-state index contributed by atoms with van der Waals surface area (Å²) in [6.07, 6.45) is -3.39. The van der Waals surface area contributed by atoms with Crippen LogP contribution in [0.1, 0.15) is 34.5 Å². The maximum absolute atomic E-state index is 13.6. The summed E-state index contributed by atoms with van der Waals surface area (Å²) in [5, 5.41) is 13.4. The number of thioether (sulfide) groups is 1. The lowest BCUT2D eigenvalue weighted by Gasteiger charge is -2.24. The number of rotatable bonds is 10. The van der Waals surface area contributed by atoms with E-state index in [0.717, 1.165) is 24.1 Å². The standard InChI is InChI=1S/C22H22ClF3N2O3S/c1-4-14(32-13(2)23)12-28-17-10-7-11-27-19(17)20(29)18(21(30)31-3)15-8-5-6-9-16(15)22(24,25)26/h4-11,18,21,28,30H,2,12H2,1,3H3. The van der Waals surface area contributed by atoms with Crippen LogP contribution in [0.15, 0.2) is 64.5 Å². The summed E-state index contributed by atoms with van der Waals surface area (Å²) in [6, 6.07) is 7.71. The number of ether oxygens (including phenoxy) is 1. The molecule has 2 rings (SSSR count). The molecule has 2 N–H and O–H groups in total. The van der Waals surface area contributed by atoms with E-state index in [0.29, 0.717) is 4.36 Å². The lowest BCUT2D eigenvalue weighted by molar-refractivity contribution is -0.139. The summed E-state index contributed by atoms with van der Waals surface area (Å²) in [4.78, 5) is 18.2. The zero-order chi connectivity index (χ0) is 23.9. The molecule has 172 valence electrons. The first kappa shape index (κ1) is 25.9. The van der Waals surface area contributed by atoms with Crippen LogP contribution in [0.25, 0.3) is 0 Å². The van der Waals surface area contributed by atoms with Crippen LogP contribution in [0.4, 0.5) is 18.9 Å². The van der Waals surface area contributed by atoms with Gasteiger partial charge in [-0.2, -0.15) is 13.2 Å². The second-order valence-electron chi connectivity index (χ2n) is 6.52. The van der Waals surface area contributed by atoms with Gasteiger partial charge in [0.25, 0.3) is 0 Å². The van der Waals surface area contributed by atoms with Gasteiger partial charge in [0, 0.05) is 24.8 Å². The molecule has 0 saturated heterocycles. The number of aromatic nitrogens is 1. The largest absolute Gasteiger partial charge is 0.416 e. The Labute approximate surface area is 193 Å². The molecule has 0 fully saturated rings. The first-order valence-electron chi connectivity index (χ1n) is 9.37. The van der Waals surface area contributed by atoms with E-state index in [2.05, 4.69) is 16.9 Å². The SMILES string of the molecule is C=C(Cl)SC(=CC)CNc1cccnc1C(=O)C(c1ccccc1C(F)(F)F)C(O)OC. The molecule has 32 heavy (non-hydrogen) atoms. The molecule has 10 heteroatoms. The number of benzene rings is 1. The number of alkyl halides is 3. The van der Waals surface area contributed by atoms with Gasteiger partial charge in [-0.25, -0.2) is 0 Å². The number of halogens is 4. The fourth-order valence-corrected chi connectivity index (χ4v) is 3.84. The van der Waals surface area contributed by atoms with Crippen molar-refractivity contribution in [3.05, 3.63) is 81.3 Å². The van der Waals surface area contributed by atoms with Crippen LogP contribution in [0, 0.1) is 0 Å². The second-order valence-corrected chi connectivity index (χ2v) is 8.42. The molecular weight excluding hydrogens is 465 g/mol. The van der Waals surface area contributed by atoms with E-state index in [9.17, 15) is 23.1 Å². The number of nitrogens with one attached hydrogen (secondary N) is 1. The van der Waals surface area contributed by atoms with Gasteiger partial charge >= 0.3 is 6.18 Å². The molecule has 0 aliphatic heterocycles.